The molecular formula is C15H19N3O3S2. The Morgan fingerprint density at radius 1 is 1.26 bits per heavy atom. The first kappa shape index (κ1) is 17.6. The normalized spacial score (nSPS) is 10.4. The minimum Gasteiger partial charge on any atom is -0.493 e. The summed E-state index contributed by atoms with van der Waals surface area (Å²) in [5, 5.41) is 12.1. The molecule has 8 heteroatoms. The van der Waals surface area contributed by atoms with E-state index in [9.17, 15) is 4.79 Å². The molecule has 6 nitrogen and oxygen atoms in total. The van der Waals surface area contributed by atoms with E-state index in [2.05, 4.69) is 22.4 Å². The third-order valence-electron chi connectivity index (χ3n) is 2.96. The van der Waals surface area contributed by atoms with Gasteiger partial charge in [-0.25, -0.2) is 0 Å². The van der Waals surface area contributed by atoms with E-state index < -0.39 is 0 Å². The number of hydrogen-bond acceptors (Lipinski definition) is 8. The molecule has 0 saturated carbocycles. The molecule has 2 rings (SSSR count). The SMILES string of the molecule is CCCNc1nnc(SCC(=O)c2ccc(OC)c(OC)c2)s1. The molecule has 0 aliphatic heterocycles. The van der Waals surface area contributed by atoms with Gasteiger partial charge in [-0.3, -0.25) is 4.79 Å². The molecular weight excluding hydrogens is 334 g/mol. The van der Waals surface area contributed by atoms with Crippen LogP contribution >= 0.6 is 23.1 Å². The number of Topliss-reactive ketones (excluding diaryl/α,β-unsaturated/α-hetero) is 1. The lowest BCUT2D eigenvalue weighted by Gasteiger charge is -2.08. The maximum absolute atomic E-state index is 12.3. The Labute approximate surface area is 143 Å². The van der Waals surface area contributed by atoms with Gasteiger partial charge in [0.05, 0.1) is 20.0 Å². The van der Waals surface area contributed by atoms with Crippen LogP contribution in [0, 0.1) is 0 Å². The van der Waals surface area contributed by atoms with Crippen LogP contribution in [0.1, 0.15) is 23.7 Å². The van der Waals surface area contributed by atoms with Crippen molar-refractivity contribution in [3.8, 4) is 11.5 Å². The van der Waals surface area contributed by atoms with Crippen molar-refractivity contribution in [1.29, 1.82) is 0 Å². The van der Waals surface area contributed by atoms with Gasteiger partial charge in [0.1, 0.15) is 0 Å². The Morgan fingerprint density at radius 3 is 2.74 bits per heavy atom. The van der Waals surface area contributed by atoms with E-state index in [0.29, 0.717) is 22.8 Å². The highest BCUT2D eigenvalue weighted by molar-refractivity contribution is 8.01. The molecule has 0 spiro atoms. The molecule has 1 N–H and O–H groups in total. The van der Waals surface area contributed by atoms with Gasteiger partial charge in [0.25, 0.3) is 0 Å². The first-order valence-electron chi connectivity index (χ1n) is 7.13. The van der Waals surface area contributed by atoms with Crippen LogP contribution in [-0.4, -0.2) is 42.5 Å². The zero-order valence-electron chi connectivity index (χ0n) is 13.3. The summed E-state index contributed by atoms with van der Waals surface area (Å²) >= 11 is 2.84. The quantitative estimate of drug-likeness (QED) is 0.547. The maximum Gasteiger partial charge on any atom is 0.206 e. The topological polar surface area (TPSA) is 73.3 Å². The predicted octanol–water partition coefficient (Wildman–Crippen LogP) is 3.35. The van der Waals surface area contributed by atoms with Crippen molar-refractivity contribution in [3.05, 3.63) is 23.8 Å². The Balaban J connectivity index is 1.95. The summed E-state index contributed by atoms with van der Waals surface area (Å²) in [6.07, 6.45) is 1.03. The number of nitrogens with one attached hydrogen (secondary N) is 1. The van der Waals surface area contributed by atoms with Crippen molar-refractivity contribution in [2.24, 2.45) is 0 Å². The summed E-state index contributed by atoms with van der Waals surface area (Å²) in [6, 6.07) is 5.16. The molecule has 0 unspecified atom stereocenters. The molecule has 1 heterocycles. The number of thioether (sulfide) groups is 1. The van der Waals surface area contributed by atoms with Gasteiger partial charge in [-0.05, 0) is 24.6 Å². The number of ketones is 1. The van der Waals surface area contributed by atoms with E-state index in [1.807, 2.05) is 0 Å². The van der Waals surface area contributed by atoms with Crippen LogP contribution < -0.4 is 14.8 Å². The highest BCUT2D eigenvalue weighted by Gasteiger charge is 2.13. The van der Waals surface area contributed by atoms with Crippen LogP contribution in [-0.2, 0) is 0 Å². The monoisotopic (exact) mass is 353 g/mol. The van der Waals surface area contributed by atoms with Crippen molar-refractivity contribution >= 4 is 34.0 Å². The number of rotatable bonds is 9. The number of carbonyl (C=O) groups is 1. The zero-order valence-corrected chi connectivity index (χ0v) is 14.9. The second kappa shape index (κ2) is 8.73. The number of nitrogens with zero attached hydrogens (tertiary/aromatic N) is 2. The molecule has 1 aromatic carbocycles. The maximum atomic E-state index is 12.3. The van der Waals surface area contributed by atoms with Crippen molar-refractivity contribution in [3.63, 3.8) is 0 Å². The summed E-state index contributed by atoms with van der Waals surface area (Å²) in [6.45, 7) is 2.95. The van der Waals surface area contributed by atoms with Crippen LogP contribution in [0.25, 0.3) is 0 Å². The minimum absolute atomic E-state index is 0.00854. The van der Waals surface area contributed by atoms with Crippen LogP contribution in [0.3, 0.4) is 0 Å². The molecule has 0 amide bonds. The molecule has 0 aliphatic rings. The lowest BCUT2D eigenvalue weighted by Crippen LogP contribution is -2.03. The van der Waals surface area contributed by atoms with E-state index in [1.54, 1.807) is 32.4 Å². The molecule has 124 valence electrons. The van der Waals surface area contributed by atoms with Gasteiger partial charge in [-0.15, -0.1) is 10.2 Å². The lowest BCUT2D eigenvalue weighted by atomic mass is 10.1. The van der Waals surface area contributed by atoms with Gasteiger partial charge in [-0.1, -0.05) is 30.0 Å². The van der Waals surface area contributed by atoms with E-state index in [1.165, 1.54) is 23.1 Å². The highest BCUT2D eigenvalue weighted by atomic mass is 32.2. The van der Waals surface area contributed by atoms with Gasteiger partial charge in [-0.2, -0.15) is 0 Å². The summed E-state index contributed by atoms with van der Waals surface area (Å²) in [5.74, 6) is 1.46. The molecule has 0 saturated heterocycles. The van der Waals surface area contributed by atoms with Crippen molar-refractivity contribution in [2.75, 3.05) is 31.8 Å². The second-order valence-corrected chi connectivity index (χ2v) is 6.78. The fourth-order valence-corrected chi connectivity index (χ4v) is 3.46. The zero-order chi connectivity index (χ0) is 16.7. The van der Waals surface area contributed by atoms with Gasteiger partial charge >= 0.3 is 0 Å². The van der Waals surface area contributed by atoms with Crippen LogP contribution in [0.2, 0.25) is 0 Å². The Morgan fingerprint density at radius 2 is 2.04 bits per heavy atom. The molecule has 1 aromatic heterocycles. The van der Waals surface area contributed by atoms with Gasteiger partial charge in [0.15, 0.2) is 21.6 Å². The molecule has 0 aliphatic carbocycles. The molecule has 0 bridgehead atoms. The summed E-state index contributed by atoms with van der Waals surface area (Å²) in [5.41, 5.74) is 0.587. The number of benzene rings is 1. The fraction of sp³-hybridized carbons (Fsp3) is 0.400. The van der Waals surface area contributed by atoms with Gasteiger partial charge in [0, 0.05) is 12.1 Å². The molecule has 2 aromatic rings. The minimum atomic E-state index is 0.00854. The van der Waals surface area contributed by atoms with Gasteiger partial charge in [0.2, 0.25) is 5.13 Å². The van der Waals surface area contributed by atoms with E-state index in [0.717, 1.165) is 22.4 Å². The smallest absolute Gasteiger partial charge is 0.206 e. The summed E-state index contributed by atoms with van der Waals surface area (Å²) in [7, 11) is 3.11. The second-order valence-electron chi connectivity index (χ2n) is 4.58. The number of methoxy groups -OCH3 is 2. The molecule has 0 atom stereocenters. The van der Waals surface area contributed by atoms with Crippen molar-refractivity contribution in [2.45, 2.75) is 17.7 Å². The lowest BCUT2D eigenvalue weighted by molar-refractivity contribution is 0.102. The third kappa shape index (κ3) is 4.84. The first-order valence-corrected chi connectivity index (χ1v) is 8.93. The van der Waals surface area contributed by atoms with Crippen LogP contribution in [0.4, 0.5) is 5.13 Å². The number of anilines is 1. The largest absolute Gasteiger partial charge is 0.493 e. The number of hydrogen-bond donors (Lipinski definition) is 1. The average Bonchev–Trinajstić information content (AvgIpc) is 3.05. The third-order valence-corrected chi connectivity index (χ3v) is 4.98. The fourth-order valence-electron chi connectivity index (χ4n) is 1.79. The van der Waals surface area contributed by atoms with Crippen LogP contribution in [0.15, 0.2) is 22.5 Å². The Bertz CT molecular complexity index is 661. The van der Waals surface area contributed by atoms with E-state index in [-0.39, 0.29) is 5.78 Å². The van der Waals surface area contributed by atoms with Gasteiger partial charge < -0.3 is 14.8 Å². The number of ether oxygens (including phenoxy) is 2. The highest BCUT2D eigenvalue weighted by Crippen LogP contribution is 2.29. The summed E-state index contributed by atoms with van der Waals surface area (Å²) < 4.78 is 11.2. The van der Waals surface area contributed by atoms with Crippen molar-refractivity contribution in [1.82, 2.24) is 10.2 Å². The van der Waals surface area contributed by atoms with E-state index in [4.69, 9.17) is 9.47 Å². The summed E-state index contributed by atoms with van der Waals surface area (Å²) in [4.78, 5) is 12.3. The molecule has 0 fully saturated rings. The van der Waals surface area contributed by atoms with E-state index >= 15 is 0 Å². The predicted molar refractivity (Wildman–Crippen MR) is 93.3 cm³/mol. The average molecular weight is 353 g/mol. The Hall–Kier alpha value is -1.80. The first-order chi connectivity index (χ1) is 11.2. The van der Waals surface area contributed by atoms with Crippen LogP contribution in [0.5, 0.6) is 11.5 Å². The number of aromatic nitrogens is 2. The van der Waals surface area contributed by atoms with Crippen molar-refractivity contribution < 1.29 is 14.3 Å². The molecule has 23 heavy (non-hydrogen) atoms. The molecule has 0 radical (unpaired) electrons. The Kier molecular flexibility index (Phi) is 6.66. The number of carbonyl (C=O) groups excluding carboxylic acids is 1. The standard InChI is InChI=1S/C15H19N3O3S2/c1-4-7-16-14-17-18-15(23-14)22-9-11(19)10-5-6-12(20-2)13(8-10)21-3/h5-6,8H,4,7,9H2,1-3H3,(H,16,17).